The molecule has 0 unspecified atom stereocenters. The molecule has 18 heavy (non-hydrogen) atoms. The van der Waals surface area contributed by atoms with Crippen LogP contribution >= 0.6 is 11.3 Å². The first-order chi connectivity index (χ1) is 8.67. The molecule has 2 aromatic rings. The minimum Gasteiger partial charge on any atom is -0.312 e. The summed E-state index contributed by atoms with van der Waals surface area (Å²) in [6.45, 7) is 11.0. The molecule has 0 radical (unpaired) electrons. The van der Waals surface area contributed by atoms with Crippen molar-refractivity contribution >= 4 is 21.4 Å². The highest BCUT2D eigenvalue weighted by Crippen LogP contribution is 2.33. The Morgan fingerprint density at radius 1 is 1.11 bits per heavy atom. The Bertz CT molecular complexity index is 540. The minimum absolute atomic E-state index is 1.02. The highest BCUT2D eigenvalue weighted by atomic mass is 32.1. The first-order valence-corrected chi connectivity index (χ1v) is 7.71. The van der Waals surface area contributed by atoms with Gasteiger partial charge in [-0.25, -0.2) is 0 Å². The molecule has 0 bridgehead atoms. The number of nitrogens with one attached hydrogen (secondary N) is 1. The standard InChI is InChI=1S/C16H23NS/c1-5-7-17-10-16-13(6-2)14-8-11(3)12(4)9-15(14)18-16/h8-9,17H,5-7,10H2,1-4H3. The molecule has 1 aromatic carbocycles. The second-order valence-corrected chi connectivity index (χ2v) is 6.10. The highest BCUT2D eigenvalue weighted by molar-refractivity contribution is 7.19. The Labute approximate surface area is 114 Å². The van der Waals surface area contributed by atoms with Gasteiger partial charge in [0.25, 0.3) is 0 Å². The van der Waals surface area contributed by atoms with E-state index in [4.69, 9.17) is 0 Å². The summed E-state index contributed by atoms with van der Waals surface area (Å²) in [6.07, 6.45) is 2.33. The number of thiophene rings is 1. The summed E-state index contributed by atoms with van der Waals surface area (Å²) in [5, 5.41) is 5.00. The van der Waals surface area contributed by atoms with Crippen molar-refractivity contribution < 1.29 is 0 Å². The largest absolute Gasteiger partial charge is 0.312 e. The molecule has 0 amide bonds. The molecule has 1 nitrogen and oxygen atoms in total. The van der Waals surface area contributed by atoms with E-state index in [9.17, 15) is 0 Å². The van der Waals surface area contributed by atoms with Crippen LogP contribution in [0.15, 0.2) is 12.1 Å². The van der Waals surface area contributed by atoms with Gasteiger partial charge in [0.15, 0.2) is 0 Å². The smallest absolute Gasteiger partial charge is 0.0351 e. The molecular weight excluding hydrogens is 238 g/mol. The molecule has 1 aromatic heterocycles. The summed E-state index contributed by atoms with van der Waals surface area (Å²) >= 11 is 1.96. The van der Waals surface area contributed by atoms with E-state index in [1.54, 1.807) is 5.56 Å². The normalized spacial score (nSPS) is 11.3. The molecule has 0 saturated carbocycles. The SMILES string of the molecule is CCCNCc1sc2cc(C)c(C)cc2c1CC. The van der Waals surface area contributed by atoms with Crippen molar-refractivity contribution in [3.63, 3.8) is 0 Å². The Morgan fingerprint density at radius 3 is 2.50 bits per heavy atom. The fraction of sp³-hybridized carbons (Fsp3) is 0.500. The number of hydrogen-bond acceptors (Lipinski definition) is 2. The quantitative estimate of drug-likeness (QED) is 0.777. The molecule has 2 rings (SSSR count). The van der Waals surface area contributed by atoms with Gasteiger partial charge in [-0.15, -0.1) is 11.3 Å². The van der Waals surface area contributed by atoms with Crippen LogP contribution in [0.25, 0.3) is 10.1 Å². The molecule has 0 fully saturated rings. The van der Waals surface area contributed by atoms with Crippen LogP contribution in [-0.4, -0.2) is 6.54 Å². The van der Waals surface area contributed by atoms with Gasteiger partial charge in [0, 0.05) is 16.1 Å². The van der Waals surface area contributed by atoms with E-state index in [0.29, 0.717) is 0 Å². The van der Waals surface area contributed by atoms with Gasteiger partial charge in [0.05, 0.1) is 0 Å². The molecule has 1 N–H and O–H groups in total. The Balaban J connectivity index is 2.41. The number of hydrogen-bond donors (Lipinski definition) is 1. The van der Waals surface area contributed by atoms with Gasteiger partial charge in [-0.1, -0.05) is 19.9 Å². The summed E-state index contributed by atoms with van der Waals surface area (Å²) in [5.41, 5.74) is 4.35. The van der Waals surface area contributed by atoms with E-state index in [2.05, 4.69) is 45.1 Å². The maximum absolute atomic E-state index is 3.53. The number of aryl methyl sites for hydroxylation is 3. The fourth-order valence-corrected chi connectivity index (χ4v) is 3.71. The van der Waals surface area contributed by atoms with Crippen molar-refractivity contribution in [2.24, 2.45) is 0 Å². The third-order valence-electron chi connectivity index (χ3n) is 3.56. The molecule has 0 aliphatic heterocycles. The van der Waals surface area contributed by atoms with E-state index in [1.165, 1.54) is 32.5 Å². The molecule has 0 saturated heterocycles. The van der Waals surface area contributed by atoms with E-state index in [1.807, 2.05) is 11.3 Å². The Kier molecular flexibility index (Phi) is 4.41. The molecule has 0 aliphatic carbocycles. The van der Waals surface area contributed by atoms with Crippen LogP contribution in [0.3, 0.4) is 0 Å². The molecule has 0 spiro atoms. The lowest BCUT2D eigenvalue weighted by molar-refractivity contribution is 0.679. The van der Waals surface area contributed by atoms with Crippen molar-refractivity contribution in [3.05, 3.63) is 33.7 Å². The number of fused-ring (bicyclic) bond motifs is 1. The van der Waals surface area contributed by atoms with Crippen molar-refractivity contribution in [3.8, 4) is 0 Å². The van der Waals surface area contributed by atoms with Crippen LogP contribution in [0.1, 0.15) is 41.8 Å². The monoisotopic (exact) mass is 261 g/mol. The van der Waals surface area contributed by atoms with E-state index in [-0.39, 0.29) is 0 Å². The lowest BCUT2D eigenvalue weighted by Crippen LogP contribution is -2.13. The first kappa shape index (κ1) is 13.6. The molecular formula is C16H23NS. The lowest BCUT2D eigenvalue weighted by atomic mass is 10.0. The van der Waals surface area contributed by atoms with Gasteiger partial charge < -0.3 is 5.32 Å². The van der Waals surface area contributed by atoms with E-state index < -0.39 is 0 Å². The Hall–Kier alpha value is -0.860. The topological polar surface area (TPSA) is 12.0 Å². The van der Waals surface area contributed by atoms with Crippen molar-refractivity contribution in [2.75, 3.05) is 6.54 Å². The molecule has 1 heterocycles. The van der Waals surface area contributed by atoms with Gasteiger partial charge in [0.1, 0.15) is 0 Å². The predicted molar refractivity (Wildman–Crippen MR) is 82.7 cm³/mol. The molecule has 2 heteroatoms. The average Bonchev–Trinajstić information content (AvgIpc) is 2.67. The molecule has 0 aliphatic rings. The van der Waals surface area contributed by atoms with Crippen LogP contribution in [0.2, 0.25) is 0 Å². The second-order valence-electron chi connectivity index (χ2n) is 4.97. The zero-order valence-electron chi connectivity index (χ0n) is 11.9. The lowest BCUT2D eigenvalue weighted by Gasteiger charge is -2.04. The zero-order valence-corrected chi connectivity index (χ0v) is 12.7. The maximum Gasteiger partial charge on any atom is 0.0351 e. The summed E-state index contributed by atoms with van der Waals surface area (Å²) < 4.78 is 1.45. The maximum atomic E-state index is 3.53. The molecule has 0 atom stereocenters. The van der Waals surface area contributed by atoms with Crippen LogP contribution in [-0.2, 0) is 13.0 Å². The van der Waals surface area contributed by atoms with Gasteiger partial charge >= 0.3 is 0 Å². The van der Waals surface area contributed by atoms with Crippen LogP contribution in [0.5, 0.6) is 0 Å². The van der Waals surface area contributed by atoms with E-state index >= 15 is 0 Å². The van der Waals surface area contributed by atoms with Gasteiger partial charge in [-0.2, -0.15) is 0 Å². The average molecular weight is 261 g/mol. The summed E-state index contributed by atoms with van der Waals surface area (Å²) in [5.74, 6) is 0. The van der Waals surface area contributed by atoms with Gasteiger partial charge in [-0.3, -0.25) is 0 Å². The second kappa shape index (κ2) is 5.85. The first-order valence-electron chi connectivity index (χ1n) is 6.89. The fourth-order valence-electron chi connectivity index (χ4n) is 2.36. The molecule has 98 valence electrons. The Morgan fingerprint density at radius 2 is 1.83 bits per heavy atom. The van der Waals surface area contributed by atoms with Crippen molar-refractivity contribution in [1.29, 1.82) is 0 Å². The highest BCUT2D eigenvalue weighted by Gasteiger charge is 2.11. The van der Waals surface area contributed by atoms with Gasteiger partial charge in [0.2, 0.25) is 0 Å². The van der Waals surface area contributed by atoms with Crippen molar-refractivity contribution in [2.45, 2.75) is 47.1 Å². The predicted octanol–water partition coefficient (Wildman–Crippen LogP) is 4.58. The summed E-state index contributed by atoms with van der Waals surface area (Å²) in [7, 11) is 0. The number of rotatable bonds is 5. The van der Waals surface area contributed by atoms with Gasteiger partial charge in [-0.05, 0) is 61.4 Å². The summed E-state index contributed by atoms with van der Waals surface area (Å²) in [4.78, 5) is 1.52. The minimum atomic E-state index is 1.02. The van der Waals surface area contributed by atoms with Crippen LogP contribution in [0.4, 0.5) is 0 Å². The zero-order chi connectivity index (χ0) is 13.1. The van der Waals surface area contributed by atoms with Crippen LogP contribution < -0.4 is 5.32 Å². The third kappa shape index (κ3) is 2.60. The van der Waals surface area contributed by atoms with Crippen LogP contribution in [0, 0.1) is 13.8 Å². The van der Waals surface area contributed by atoms with E-state index in [0.717, 1.165) is 19.5 Å². The van der Waals surface area contributed by atoms with Crippen molar-refractivity contribution in [1.82, 2.24) is 5.32 Å². The number of benzene rings is 1. The third-order valence-corrected chi connectivity index (χ3v) is 4.75. The summed E-state index contributed by atoms with van der Waals surface area (Å²) in [6, 6.07) is 4.71.